The number of furan rings is 1. The summed E-state index contributed by atoms with van der Waals surface area (Å²) in [6.07, 6.45) is 1.34. The van der Waals surface area contributed by atoms with Crippen molar-refractivity contribution in [3.8, 4) is 5.75 Å². The minimum absolute atomic E-state index is 0.0602. The maximum absolute atomic E-state index is 12.1. The van der Waals surface area contributed by atoms with E-state index < -0.39 is 17.7 Å². The van der Waals surface area contributed by atoms with Crippen LogP contribution in [0, 0.1) is 0 Å². The van der Waals surface area contributed by atoms with Crippen LogP contribution in [0.15, 0.2) is 47.1 Å². The number of ether oxygens (including phenoxy) is 1. The minimum atomic E-state index is -0.596. The van der Waals surface area contributed by atoms with Gasteiger partial charge >= 0.3 is 5.91 Å². The summed E-state index contributed by atoms with van der Waals surface area (Å²) in [6, 6.07) is 9.71. The van der Waals surface area contributed by atoms with Crippen LogP contribution in [0.3, 0.4) is 0 Å². The Morgan fingerprint density at radius 2 is 1.83 bits per heavy atom. The van der Waals surface area contributed by atoms with Crippen molar-refractivity contribution in [2.24, 2.45) is 0 Å². The lowest BCUT2D eigenvalue weighted by Gasteiger charge is -2.10. The van der Waals surface area contributed by atoms with Gasteiger partial charge in [-0.15, -0.1) is 0 Å². The largest absolute Gasteiger partial charge is 0.493 e. The molecule has 2 aromatic rings. The second-order valence-corrected chi connectivity index (χ2v) is 4.59. The van der Waals surface area contributed by atoms with Crippen LogP contribution in [0.1, 0.15) is 27.8 Å². The molecular formula is C16H17N3O5. The predicted octanol–water partition coefficient (Wildman–Crippen LogP) is 0.869. The first-order valence-corrected chi connectivity index (χ1v) is 7.24. The van der Waals surface area contributed by atoms with Gasteiger partial charge in [0.2, 0.25) is 0 Å². The Hall–Kier alpha value is -3.29. The van der Waals surface area contributed by atoms with Crippen LogP contribution in [0.25, 0.3) is 0 Å². The number of nitrogens with one attached hydrogen (secondary N) is 3. The van der Waals surface area contributed by atoms with Gasteiger partial charge in [0.15, 0.2) is 5.76 Å². The highest BCUT2D eigenvalue weighted by Gasteiger charge is 2.14. The van der Waals surface area contributed by atoms with Gasteiger partial charge in [-0.05, 0) is 31.2 Å². The normalized spacial score (nSPS) is 9.88. The highest BCUT2D eigenvalue weighted by Crippen LogP contribution is 2.17. The molecule has 0 atom stereocenters. The maximum Gasteiger partial charge on any atom is 0.305 e. The van der Waals surface area contributed by atoms with Crippen LogP contribution in [-0.4, -0.2) is 30.9 Å². The van der Waals surface area contributed by atoms with Crippen LogP contribution in [0.5, 0.6) is 5.75 Å². The van der Waals surface area contributed by atoms with Gasteiger partial charge in [-0.2, -0.15) is 0 Å². The molecule has 1 aromatic heterocycles. The fraction of sp³-hybridized carbons (Fsp3) is 0.188. The number of amides is 3. The van der Waals surface area contributed by atoms with Gasteiger partial charge in [0.1, 0.15) is 5.75 Å². The van der Waals surface area contributed by atoms with E-state index in [1.165, 1.54) is 12.3 Å². The summed E-state index contributed by atoms with van der Waals surface area (Å²) in [5.74, 6) is -1.14. The quantitative estimate of drug-likeness (QED) is 0.680. The third kappa shape index (κ3) is 4.60. The van der Waals surface area contributed by atoms with Crippen LogP contribution >= 0.6 is 0 Å². The summed E-state index contributed by atoms with van der Waals surface area (Å²) in [5, 5.41) is 2.45. The average molecular weight is 331 g/mol. The summed E-state index contributed by atoms with van der Waals surface area (Å²) in [5.41, 5.74) is 4.67. The lowest BCUT2D eigenvalue weighted by molar-refractivity contribution is -0.120. The van der Waals surface area contributed by atoms with Crippen molar-refractivity contribution < 1.29 is 23.5 Å². The minimum Gasteiger partial charge on any atom is -0.493 e. The average Bonchev–Trinajstić information content (AvgIpc) is 3.13. The molecular weight excluding hydrogens is 314 g/mol. The van der Waals surface area contributed by atoms with E-state index in [1.54, 1.807) is 30.3 Å². The monoisotopic (exact) mass is 331 g/mol. The molecule has 0 aliphatic rings. The van der Waals surface area contributed by atoms with E-state index in [0.717, 1.165) is 0 Å². The fourth-order valence-electron chi connectivity index (χ4n) is 1.83. The third-order valence-corrected chi connectivity index (χ3v) is 2.90. The van der Waals surface area contributed by atoms with Gasteiger partial charge in [0.05, 0.1) is 25.0 Å². The number of carbonyl (C=O) groups is 3. The molecule has 8 nitrogen and oxygen atoms in total. The summed E-state index contributed by atoms with van der Waals surface area (Å²) < 4.78 is 10.2. The van der Waals surface area contributed by atoms with Gasteiger partial charge in [0.25, 0.3) is 11.8 Å². The first-order chi connectivity index (χ1) is 11.6. The zero-order valence-electron chi connectivity index (χ0n) is 13.0. The Morgan fingerprint density at radius 3 is 2.54 bits per heavy atom. The number of hydrazine groups is 1. The number of benzene rings is 1. The van der Waals surface area contributed by atoms with Crippen LogP contribution in [-0.2, 0) is 4.79 Å². The number of hydrogen-bond donors (Lipinski definition) is 3. The molecule has 3 N–H and O–H groups in total. The van der Waals surface area contributed by atoms with Gasteiger partial charge < -0.3 is 14.5 Å². The summed E-state index contributed by atoms with van der Waals surface area (Å²) in [6.45, 7) is 1.92. The molecule has 3 amide bonds. The van der Waals surface area contributed by atoms with Crippen LogP contribution in [0.2, 0.25) is 0 Å². The molecule has 2 rings (SSSR count). The van der Waals surface area contributed by atoms with Crippen molar-refractivity contribution in [1.82, 2.24) is 16.2 Å². The topological polar surface area (TPSA) is 110 Å². The number of rotatable bonds is 6. The molecule has 0 unspecified atom stereocenters. The van der Waals surface area contributed by atoms with Crippen molar-refractivity contribution in [2.45, 2.75) is 6.92 Å². The van der Waals surface area contributed by atoms with Crippen molar-refractivity contribution in [2.75, 3.05) is 13.2 Å². The van der Waals surface area contributed by atoms with Gasteiger partial charge in [0, 0.05) is 0 Å². The molecule has 0 saturated carbocycles. The summed E-state index contributed by atoms with van der Waals surface area (Å²) >= 11 is 0. The Kier molecular flexibility index (Phi) is 5.95. The maximum atomic E-state index is 12.1. The summed E-state index contributed by atoms with van der Waals surface area (Å²) in [7, 11) is 0. The van der Waals surface area contributed by atoms with Crippen molar-refractivity contribution >= 4 is 17.7 Å². The summed E-state index contributed by atoms with van der Waals surface area (Å²) in [4.78, 5) is 35.3. The molecule has 0 saturated heterocycles. The Morgan fingerprint density at radius 1 is 1.04 bits per heavy atom. The molecule has 24 heavy (non-hydrogen) atoms. The molecule has 126 valence electrons. The second-order valence-electron chi connectivity index (χ2n) is 4.59. The van der Waals surface area contributed by atoms with Crippen molar-refractivity contribution in [3.05, 3.63) is 54.0 Å². The van der Waals surface area contributed by atoms with Gasteiger partial charge in [-0.1, -0.05) is 12.1 Å². The van der Waals surface area contributed by atoms with E-state index in [4.69, 9.17) is 9.15 Å². The SMILES string of the molecule is CCOc1ccccc1C(=O)NCC(=O)NNC(=O)c1ccco1. The number of para-hydroxylation sites is 1. The standard InChI is InChI=1S/C16H17N3O5/c1-2-23-12-7-4-3-6-11(12)15(21)17-10-14(20)18-19-16(22)13-8-5-9-24-13/h3-9H,2,10H2,1H3,(H,17,21)(H,18,20)(H,19,22). The van der Waals surface area contributed by atoms with Crippen LogP contribution in [0.4, 0.5) is 0 Å². The van der Waals surface area contributed by atoms with E-state index in [0.29, 0.717) is 17.9 Å². The molecule has 1 aromatic carbocycles. The molecule has 0 aliphatic heterocycles. The van der Waals surface area contributed by atoms with E-state index in [-0.39, 0.29) is 12.3 Å². The molecule has 8 heteroatoms. The van der Waals surface area contributed by atoms with E-state index in [2.05, 4.69) is 16.2 Å². The highest BCUT2D eigenvalue weighted by molar-refractivity contribution is 5.99. The third-order valence-electron chi connectivity index (χ3n) is 2.90. The first-order valence-electron chi connectivity index (χ1n) is 7.24. The lowest BCUT2D eigenvalue weighted by atomic mass is 10.2. The highest BCUT2D eigenvalue weighted by atomic mass is 16.5. The molecule has 0 bridgehead atoms. The molecule has 0 aliphatic carbocycles. The predicted molar refractivity (Wildman–Crippen MR) is 84.3 cm³/mol. The molecule has 0 fully saturated rings. The van der Waals surface area contributed by atoms with E-state index in [9.17, 15) is 14.4 Å². The fourth-order valence-corrected chi connectivity index (χ4v) is 1.83. The van der Waals surface area contributed by atoms with E-state index in [1.807, 2.05) is 6.92 Å². The zero-order chi connectivity index (χ0) is 17.4. The van der Waals surface area contributed by atoms with Crippen LogP contribution < -0.4 is 20.9 Å². The molecule has 1 heterocycles. The van der Waals surface area contributed by atoms with Crippen molar-refractivity contribution in [1.29, 1.82) is 0 Å². The molecule has 0 spiro atoms. The molecule has 0 radical (unpaired) electrons. The van der Waals surface area contributed by atoms with Crippen molar-refractivity contribution in [3.63, 3.8) is 0 Å². The second kappa shape index (κ2) is 8.37. The Labute approximate surface area is 138 Å². The van der Waals surface area contributed by atoms with Gasteiger partial charge in [-0.3, -0.25) is 25.2 Å². The first kappa shape index (κ1) is 17.1. The van der Waals surface area contributed by atoms with Gasteiger partial charge in [-0.25, -0.2) is 0 Å². The smallest absolute Gasteiger partial charge is 0.305 e. The van der Waals surface area contributed by atoms with E-state index >= 15 is 0 Å². The number of hydrogen-bond acceptors (Lipinski definition) is 5. The number of carbonyl (C=O) groups excluding carboxylic acids is 3. The Bertz CT molecular complexity index is 712. The Balaban J connectivity index is 1.81. The lowest BCUT2D eigenvalue weighted by Crippen LogP contribution is -2.46. The zero-order valence-corrected chi connectivity index (χ0v) is 13.0.